The highest BCUT2D eigenvalue weighted by molar-refractivity contribution is 7.90. The summed E-state index contributed by atoms with van der Waals surface area (Å²) in [6.07, 6.45) is 5.15. The van der Waals surface area contributed by atoms with E-state index >= 15 is 0 Å². The molecule has 0 amide bonds. The third kappa shape index (κ3) is 4.40. The Kier molecular flexibility index (Phi) is 4.31. The number of hydrogen-bond donors (Lipinski definition) is 3. The molecule has 1 aromatic rings. The molecule has 1 aromatic carbocycles. The van der Waals surface area contributed by atoms with Gasteiger partial charge >= 0.3 is 0 Å². The topological polar surface area (TPSA) is 84.2 Å². The fourth-order valence-corrected chi connectivity index (χ4v) is 3.13. The van der Waals surface area contributed by atoms with Crippen molar-refractivity contribution in [2.45, 2.75) is 38.6 Å². The molecule has 6 heteroatoms. The van der Waals surface area contributed by atoms with Gasteiger partial charge in [0.15, 0.2) is 0 Å². The monoisotopic (exact) mass is 283 g/mol. The lowest BCUT2D eigenvalue weighted by Crippen LogP contribution is -2.24. The predicted molar refractivity (Wildman–Crippen MR) is 78.2 cm³/mol. The highest BCUT2D eigenvalue weighted by Crippen LogP contribution is 2.29. The molecule has 0 bridgehead atoms. The highest BCUT2D eigenvalue weighted by Gasteiger charge is 2.21. The fraction of sp³-hybridized carbons (Fsp3) is 0.538. The molecular formula is C13H21N3O2S. The summed E-state index contributed by atoms with van der Waals surface area (Å²) >= 11 is 0. The van der Waals surface area contributed by atoms with Crippen molar-refractivity contribution in [1.82, 2.24) is 0 Å². The molecular weight excluding hydrogens is 262 g/mol. The van der Waals surface area contributed by atoms with Gasteiger partial charge in [0.1, 0.15) is 0 Å². The largest absolute Gasteiger partial charge is 0.382 e. The van der Waals surface area contributed by atoms with Crippen LogP contribution >= 0.6 is 0 Å². The Bertz CT molecular complexity index is 524. The van der Waals surface area contributed by atoms with E-state index in [-0.39, 0.29) is 0 Å². The maximum absolute atomic E-state index is 11.0. The van der Waals surface area contributed by atoms with E-state index in [9.17, 15) is 8.42 Å². The van der Waals surface area contributed by atoms with Gasteiger partial charge in [-0.1, -0.05) is 18.9 Å². The minimum atomic E-state index is -3.72. The van der Waals surface area contributed by atoms with E-state index in [1.165, 1.54) is 25.7 Å². The first kappa shape index (κ1) is 14.1. The number of nitrogens with two attached hydrogens (primary N) is 1. The van der Waals surface area contributed by atoms with E-state index < -0.39 is 10.2 Å². The summed E-state index contributed by atoms with van der Waals surface area (Å²) in [5, 5.41) is 8.39. The summed E-state index contributed by atoms with van der Waals surface area (Å²) in [6.45, 7) is 2.18. The van der Waals surface area contributed by atoms with Gasteiger partial charge in [0, 0.05) is 11.7 Å². The standard InChI is InChI=1S/C13H21N3O2S/c1-10(11-5-2-3-6-11)15-12-7-4-8-13(9-12)16-19(14,17)18/h4,7-11,15-16H,2-3,5-6H2,1H3,(H2,14,17,18). The van der Waals surface area contributed by atoms with Gasteiger partial charge in [0.05, 0.1) is 5.69 Å². The quantitative estimate of drug-likeness (QED) is 0.775. The van der Waals surface area contributed by atoms with E-state index in [0.717, 1.165) is 5.69 Å². The number of anilines is 2. The third-order valence-corrected chi connectivity index (χ3v) is 4.14. The molecule has 0 spiro atoms. The summed E-state index contributed by atoms with van der Waals surface area (Å²) in [6, 6.07) is 7.56. The average molecular weight is 283 g/mol. The minimum absolute atomic E-state index is 0.396. The van der Waals surface area contributed by atoms with E-state index in [1.54, 1.807) is 18.2 Å². The van der Waals surface area contributed by atoms with Gasteiger partial charge < -0.3 is 5.32 Å². The summed E-state index contributed by atoms with van der Waals surface area (Å²) in [4.78, 5) is 0. The zero-order valence-corrected chi connectivity index (χ0v) is 11.9. The van der Waals surface area contributed by atoms with E-state index in [0.29, 0.717) is 17.6 Å². The van der Waals surface area contributed by atoms with Crippen molar-refractivity contribution < 1.29 is 8.42 Å². The summed E-state index contributed by atoms with van der Waals surface area (Å²) in [5.74, 6) is 0.704. The lowest BCUT2D eigenvalue weighted by atomic mass is 9.99. The maximum Gasteiger partial charge on any atom is 0.296 e. The van der Waals surface area contributed by atoms with Crippen LogP contribution in [0, 0.1) is 5.92 Å². The molecule has 1 atom stereocenters. The molecule has 0 saturated heterocycles. The minimum Gasteiger partial charge on any atom is -0.382 e. The lowest BCUT2D eigenvalue weighted by molar-refractivity contribution is 0.482. The van der Waals surface area contributed by atoms with E-state index in [1.807, 2.05) is 6.07 Å². The Morgan fingerprint density at radius 2 is 1.89 bits per heavy atom. The lowest BCUT2D eigenvalue weighted by Gasteiger charge is -2.21. The van der Waals surface area contributed by atoms with E-state index in [2.05, 4.69) is 17.0 Å². The molecule has 1 aliphatic rings. The van der Waals surface area contributed by atoms with Crippen molar-refractivity contribution in [2.75, 3.05) is 10.0 Å². The first-order valence-electron chi connectivity index (χ1n) is 6.61. The van der Waals surface area contributed by atoms with Crippen molar-refractivity contribution in [1.29, 1.82) is 0 Å². The molecule has 0 radical (unpaired) electrons. The molecule has 4 N–H and O–H groups in total. The first-order chi connectivity index (χ1) is 8.94. The normalized spacial score (nSPS) is 18.2. The smallest absolute Gasteiger partial charge is 0.296 e. The second-order valence-electron chi connectivity index (χ2n) is 5.21. The van der Waals surface area contributed by atoms with Crippen LogP contribution in [0.4, 0.5) is 11.4 Å². The molecule has 5 nitrogen and oxygen atoms in total. The van der Waals surface area contributed by atoms with Crippen molar-refractivity contribution in [3.8, 4) is 0 Å². The molecule has 1 saturated carbocycles. The number of nitrogens with one attached hydrogen (secondary N) is 2. The molecule has 0 aliphatic heterocycles. The number of hydrogen-bond acceptors (Lipinski definition) is 3. The molecule has 0 aromatic heterocycles. The van der Waals surface area contributed by atoms with Crippen LogP contribution in [0.25, 0.3) is 0 Å². The van der Waals surface area contributed by atoms with Crippen LogP contribution in [0.15, 0.2) is 24.3 Å². The van der Waals surface area contributed by atoms with Gasteiger partial charge in [-0.25, -0.2) is 5.14 Å². The Balaban J connectivity index is 2.02. The Morgan fingerprint density at radius 1 is 1.26 bits per heavy atom. The highest BCUT2D eigenvalue weighted by atomic mass is 32.2. The molecule has 19 heavy (non-hydrogen) atoms. The molecule has 2 rings (SSSR count). The van der Waals surface area contributed by atoms with Gasteiger partial charge in [0.25, 0.3) is 10.2 Å². The fourth-order valence-electron chi connectivity index (χ4n) is 2.67. The van der Waals surface area contributed by atoms with Crippen LogP contribution in [-0.2, 0) is 10.2 Å². The SMILES string of the molecule is CC(Nc1cccc(NS(N)(=O)=O)c1)C1CCCC1. The van der Waals surface area contributed by atoms with E-state index in [4.69, 9.17) is 5.14 Å². The Hall–Kier alpha value is -1.27. The Morgan fingerprint density at radius 3 is 2.53 bits per heavy atom. The summed E-state index contributed by atoms with van der Waals surface area (Å²) in [7, 11) is -3.72. The maximum atomic E-state index is 11.0. The van der Waals surface area contributed by atoms with Gasteiger partial charge in [-0.2, -0.15) is 8.42 Å². The van der Waals surface area contributed by atoms with Crippen molar-refractivity contribution >= 4 is 21.6 Å². The zero-order chi connectivity index (χ0) is 13.9. The summed E-state index contributed by atoms with van der Waals surface area (Å²) in [5.41, 5.74) is 1.39. The molecule has 106 valence electrons. The van der Waals surface area contributed by atoms with Gasteiger partial charge in [-0.15, -0.1) is 0 Å². The van der Waals surface area contributed by atoms with Gasteiger partial charge in [-0.05, 0) is 43.9 Å². The van der Waals surface area contributed by atoms with Crippen molar-refractivity contribution in [3.63, 3.8) is 0 Å². The van der Waals surface area contributed by atoms with Crippen LogP contribution in [0.5, 0.6) is 0 Å². The first-order valence-corrected chi connectivity index (χ1v) is 8.16. The number of benzene rings is 1. The van der Waals surface area contributed by atoms with Crippen LogP contribution in [0.3, 0.4) is 0 Å². The summed E-state index contributed by atoms with van der Waals surface area (Å²) < 4.78 is 24.3. The molecule has 1 aliphatic carbocycles. The second-order valence-corrected chi connectivity index (χ2v) is 6.50. The van der Waals surface area contributed by atoms with Gasteiger partial charge in [0.2, 0.25) is 0 Å². The van der Waals surface area contributed by atoms with Crippen molar-refractivity contribution in [2.24, 2.45) is 11.1 Å². The zero-order valence-electron chi connectivity index (χ0n) is 11.1. The Labute approximate surface area is 114 Å². The van der Waals surface area contributed by atoms with Crippen molar-refractivity contribution in [3.05, 3.63) is 24.3 Å². The number of rotatable bonds is 5. The van der Waals surface area contributed by atoms with Gasteiger partial charge in [-0.3, -0.25) is 4.72 Å². The molecule has 0 heterocycles. The van der Waals surface area contributed by atoms with Crippen LogP contribution in [0.2, 0.25) is 0 Å². The molecule has 1 unspecified atom stereocenters. The van der Waals surface area contributed by atoms with Crippen LogP contribution < -0.4 is 15.2 Å². The predicted octanol–water partition coefficient (Wildman–Crippen LogP) is 2.29. The van der Waals surface area contributed by atoms with Crippen LogP contribution in [-0.4, -0.2) is 14.5 Å². The average Bonchev–Trinajstić information content (AvgIpc) is 2.80. The van der Waals surface area contributed by atoms with Crippen LogP contribution in [0.1, 0.15) is 32.6 Å². The molecule has 1 fully saturated rings. The third-order valence-electron chi connectivity index (χ3n) is 3.62. The second kappa shape index (κ2) is 5.79.